The van der Waals surface area contributed by atoms with Gasteiger partial charge < -0.3 is 10.6 Å². The predicted molar refractivity (Wildman–Crippen MR) is 105 cm³/mol. The first kappa shape index (κ1) is 21.9. The number of nitrogens with one attached hydrogen (secondary N) is 3. The van der Waals surface area contributed by atoms with Crippen LogP contribution in [0.3, 0.4) is 0 Å². The average Bonchev–Trinajstić information content (AvgIpc) is 2.70. The smallest absolute Gasteiger partial charge is 0.267 e. The zero-order valence-corrected chi connectivity index (χ0v) is 14.5. The molecule has 0 saturated carbocycles. The molecule has 2 rings (SSSR count). The minimum Gasteiger partial charge on any atom is -0.339 e. The molecule has 27 heavy (non-hydrogen) atoms. The standard InChI is InChI=1S/C20H21N3O3.CH4/c1-2-21-14-18(20(25)23-26)22-19(24)17-12-10-16(11-13-17)9-8-15-6-4-3-5-7-15;/h3-7,10-13,18,21,26H,2,14H2,1H3,(H,22,24)(H,23,25);1H4/t18-;/m0./s1. The van der Waals surface area contributed by atoms with Crippen LogP contribution in [0, 0.1) is 11.8 Å². The van der Waals surface area contributed by atoms with Gasteiger partial charge >= 0.3 is 0 Å². The molecule has 2 amide bonds. The van der Waals surface area contributed by atoms with Gasteiger partial charge in [0.1, 0.15) is 6.04 Å². The molecule has 0 bridgehead atoms. The van der Waals surface area contributed by atoms with E-state index < -0.39 is 17.9 Å². The van der Waals surface area contributed by atoms with Gasteiger partial charge in [0.25, 0.3) is 11.8 Å². The van der Waals surface area contributed by atoms with Gasteiger partial charge in [0.15, 0.2) is 0 Å². The lowest BCUT2D eigenvalue weighted by molar-refractivity contribution is -0.131. The SMILES string of the molecule is C.CCNC[C@H](NC(=O)c1ccc(C#Cc2ccccc2)cc1)C(=O)NO. The van der Waals surface area contributed by atoms with Crippen molar-refractivity contribution in [3.05, 3.63) is 71.3 Å². The van der Waals surface area contributed by atoms with Crippen molar-refractivity contribution in [3.63, 3.8) is 0 Å². The molecule has 0 aliphatic rings. The molecule has 0 fully saturated rings. The lowest BCUT2D eigenvalue weighted by Gasteiger charge is -2.17. The first-order valence-corrected chi connectivity index (χ1v) is 8.26. The van der Waals surface area contributed by atoms with Gasteiger partial charge in [-0.05, 0) is 42.9 Å². The molecule has 0 aromatic heterocycles. The molecule has 1 atom stereocenters. The monoisotopic (exact) mass is 367 g/mol. The van der Waals surface area contributed by atoms with Crippen LogP contribution in [0.2, 0.25) is 0 Å². The fraction of sp³-hybridized carbons (Fsp3) is 0.238. The van der Waals surface area contributed by atoms with Crippen LogP contribution < -0.4 is 16.1 Å². The Labute approximate surface area is 159 Å². The molecule has 6 nitrogen and oxygen atoms in total. The van der Waals surface area contributed by atoms with Gasteiger partial charge in [-0.2, -0.15) is 0 Å². The Kier molecular flexibility index (Phi) is 9.30. The number of likely N-dealkylation sites (N-methyl/N-ethyl adjacent to an activating group) is 1. The topological polar surface area (TPSA) is 90.5 Å². The molecule has 142 valence electrons. The van der Waals surface area contributed by atoms with Crippen LogP contribution in [0.4, 0.5) is 0 Å². The van der Waals surface area contributed by atoms with E-state index in [1.54, 1.807) is 29.7 Å². The quantitative estimate of drug-likeness (QED) is 0.357. The summed E-state index contributed by atoms with van der Waals surface area (Å²) < 4.78 is 0. The normalized spacial score (nSPS) is 10.6. The first-order valence-electron chi connectivity index (χ1n) is 8.26. The first-order chi connectivity index (χ1) is 12.6. The summed E-state index contributed by atoms with van der Waals surface area (Å²) in [5.41, 5.74) is 3.66. The second-order valence-electron chi connectivity index (χ2n) is 5.50. The molecule has 6 heteroatoms. The Morgan fingerprint density at radius 1 is 1.00 bits per heavy atom. The van der Waals surface area contributed by atoms with Crippen molar-refractivity contribution in [1.29, 1.82) is 0 Å². The maximum atomic E-state index is 12.3. The third-order valence-electron chi connectivity index (χ3n) is 3.60. The van der Waals surface area contributed by atoms with Gasteiger partial charge in [-0.25, -0.2) is 5.48 Å². The minimum atomic E-state index is -0.870. The van der Waals surface area contributed by atoms with Gasteiger partial charge in [0.05, 0.1) is 0 Å². The number of hydroxylamine groups is 1. The second-order valence-corrected chi connectivity index (χ2v) is 5.50. The highest BCUT2D eigenvalue weighted by Crippen LogP contribution is 2.05. The maximum Gasteiger partial charge on any atom is 0.267 e. The van der Waals surface area contributed by atoms with Crippen molar-refractivity contribution < 1.29 is 14.8 Å². The van der Waals surface area contributed by atoms with Crippen LogP contribution in [0.25, 0.3) is 0 Å². The second kappa shape index (κ2) is 11.5. The highest BCUT2D eigenvalue weighted by atomic mass is 16.5. The van der Waals surface area contributed by atoms with Gasteiger partial charge in [-0.1, -0.05) is 44.4 Å². The van der Waals surface area contributed by atoms with Crippen LogP contribution >= 0.6 is 0 Å². The summed E-state index contributed by atoms with van der Waals surface area (Å²) in [4.78, 5) is 23.9. The van der Waals surface area contributed by atoms with Crippen molar-refractivity contribution in [3.8, 4) is 11.8 Å². The van der Waals surface area contributed by atoms with E-state index in [-0.39, 0.29) is 14.0 Å². The van der Waals surface area contributed by atoms with Gasteiger partial charge in [-0.15, -0.1) is 0 Å². The van der Waals surface area contributed by atoms with Crippen molar-refractivity contribution in [2.75, 3.05) is 13.1 Å². The molecule has 0 aliphatic carbocycles. The van der Waals surface area contributed by atoms with E-state index in [4.69, 9.17) is 5.21 Å². The van der Waals surface area contributed by atoms with Crippen LogP contribution in [-0.2, 0) is 4.79 Å². The van der Waals surface area contributed by atoms with Crippen molar-refractivity contribution in [2.24, 2.45) is 0 Å². The Hall–Kier alpha value is -3.14. The lowest BCUT2D eigenvalue weighted by Crippen LogP contribution is -2.51. The van der Waals surface area contributed by atoms with Gasteiger partial charge in [0, 0.05) is 23.2 Å². The number of carbonyl (C=O) groups excluding carboxylic acids is 2. The predicted octanol–water partition coefficient (Wildman–Crippen LogP) is 1.94. The number of benzene rings is 2. The summed E-state index contributed by atoms with van der Waals surface area (Å²) in [7, 11) is 0. The van der Waals surface area contributed by atoms with E-state index in [0.29, 0.717) is 12.1 Å². The Balaban J connectivity index is 0.00000364. The van der Waals surface area contributed by atoms with Crippen LogP contribution in [-0.4, -0.2) is 36.2 Å². The average molecular weight is 367 g/mol. The van der Waals surface area contributed by atoms with E-state index in [1.165, 1.54) is 0 Å². The number of carbonyl (C=O) groups is 2. The fourth-order valence-corrected chi connectivity index (χ4v) is 2.19. The third kappa shape index (κ3) is 6.94. The summed E-state index contributed by atoms with van der Waals surface area (Å²) >= 11 is 0. The number of hydrogen-bond donors (Lipinski definition) is 4. The molecule has 0 spiro atoms. The minimum absolute atomic E-state index is 0. The number of rotatable bonds is 6. The fourth-order valence-electron chi connectivity index (χ4n) is 2.19. The molecule has 0 unspecified atom stereocenters. The van der Waals surface area contributed by atoms with E-state index >= 15 is 0 Å². The van der Waals surface area contributed by atoms with Crippen molar-refractivity contribution >= 4 is 11.8 Å². The van der Waals surface area contributed by atoms with E-state index in [9.17, 15) is 9.59 Å². The summed E-state index contributed by atoms with van der Waals surface area (Å²) in [6.45, 7) is 2.74. The van der Waals surface area contributed by atoms with Crippen LogP contribution in [0.5, 0.6) is 0 Å². The van der Waals surface area contributed by atoms with Crippen molar-refractivity contribution in [1.82, 2.24) is 16.1 Å². The molecule has 0 saturated heterocycles. The number of amides is 2. The molecular formula is C21H25N3O3. The molecule has 2 aromatic carbocycles. The van der Waals surface area contributed by atoms with Gasteiger partial charge in [0.2, 0.25) is 0 Å². The summed E-state index contributed by atoms with van der Waals surface area (Å²) in [5, 5.41) is 14.3. The van der Waals surface area contributed by atoms with E-state index in [2.05, 4.69) is 22.5 Å². The summed E-state index contributed by atoms with van der Waals surface area (Å²) in [6.07, 6.45) is 0. The number of hydrogen-bond acceptors (Lipinski definition) is 4. The van der Waals surface area contributed by atoms with Crippen LogP contribution in [0.1, 0.15) is 35.8 Å². The molecular weight excluding hydrogens is 342 g/mol. The molecule has 0 heterocycles. The lowest BCUT2D eigenvalue weighted by atomic mass is 10.1. The van der Waals surface area contributed by atoms with Gasteiger partial charge in [-0.3, -0.25) is 14.8 Å². The van der Waals surface area contributed by atoms with Crippen LogP contribution in [0.15, 0.2) is 54.6 Å². The van der Waals surface area contributed by atoms with Crippen molar-refractivity contribution in [2.45, 2.75) is 20.4 Å². The van der Waals surface area contributed by atoms with E-state index in [0.717, 1.165) is 11.1 Å². The molecule has 4 N–H and O–H groups in total. The largest absolute Gasteiger partial charge is 0.339 e. The highest BCUT2D eigenvalue weighted by Gasteiger charge is 2.20. The molecule has 0 radical (unpaired) electrons. The Morgan fingerprint density at radius 3 is 2.15 bits per heavy atom. The zero-order chi connectivity index (χ0) is 18.8. The Morgan fingerprint density at radius 2 is 1.59 bits per heavy atom. The summed E-state index contributed by atoms with van der Waals surface area (Å²) in [5.74, 6) is 5.00. The third-order valence-corrected chi connectivity index (χ3v) is 3.60. The van der Waals surface area contributed by atoms with E-state index in [1.807, 2.05) is 37.3 Å². The zero-order valence-electron chi connectivity index (χ0n) is 14.5. The maximum absolute atomic E-state index is 12.3. The molecule has 2 aromatic rings. The Bertz CT molecular complexity index is 793. The summed E-state index contributed by atoms with van der Waals surface area (Å²) in [6, 6.07) is 15.5. The molecule has 0 aliphatic heterocycles. The highest BCUT2D eigenvalue weighted by molar-refractivity contribution is 5.97.